The van der Waals surface area contributed by atoms with Crippen molar-refractivity contribution >= 4 is 5.91 Å². The molecule has 3 atom stereocenters. The largest absolute Gasteiger partial charge is 0.368 e. The zero-order chi connectivity index (χ0) is 10.6. The van der Waals surface area contributed by atoms with E-state index < -0.39 is 5.91 Å². The summed E-state index contributed by atoms with van der Waals surface area (Å²) in [7, 11) is 0. The van der Waals surface area contributed by atoms with Crippen molar-refractivity contribution in [3.63, 3.8) is 0 Å². The summed E-state index contributed by atoms with van der Waals surface area (Å²) < 4.78 is 0. The van der Waals surface area contributed by atoms with E-state index in [1.165, 1.54) is 12.8 Å². The van der Waals surface area contributed by atoms with E-state index in [0.717, 1.165) is 12.3 Å². The molecule has 1 fully saturated rings. The fourth-order valence-electron chi connectivity index (χ4n) is 2.06. The number of primary amides is 1. The molecule has 0 heterocycles. The summed E-state index contributed by atoms with van der Waals surface area (Å²) in [6, 6.07) is 0.366. The van der Waals surface area contributed by atoms with Gasteiger partial charge in [-0.25, -0.2) is 0 Å². The van der Waals surface area contributed by atoms with E-state index in [9.17, 15) is 4.79 Å². The Balaban J connectivity index is 2.20. The highest BCUT2D eigenvalue weighted by Crippen LogP contribution is 2.28. The Labute approximate surface area is 85.1 Å². The third-order valence-corrected chi connectivity index (χ3v) is 2.88. The molecule has 0 saturated heterocycles. The number of hydrogen-bond acceptors (Lipinski definition) is 3. The highest BCUT2D eigenvalue weighted by Gasteiger charge is 2.25. The molecule has 4 nitrogen and oxygen atoms in total. The minimum atomic E-state index is -0.436. The first kappa shape index (κ1) is 11.5. The van der Waals surface area contributed by atoms with Crippen molar-refractivity contribution in [3.8, 4) is 0 Å². The van der Waals surface area contributed by atoms with E-state index in [0.29, 0.717) is 12.0 Å². The normalized spacial score (nSPS) is 32.9. The Morgan fingerprint density at radius 3 is 2.79 bits per heavy atom. The lowest BCUT2D eigenvalue weighted by molar-refractivity contribution is -0.127. The molecule has 82 valence electrons. The van der Waals surface area contributed by atoms with Crippen LogP contribution in [0.25, 0.3) is 0 Å². The van der Waals surface area contributed by atoms with Crippen molar-refractivity contribution in [1.82, 2.24) is 5.48 Å². The monoisotopic (exact) mass is 200 g/mol. The highest BCUT2D eigenvalue weighted by atomic mass is 16.6. The van der Waals surface area contributed by atoms with Gasteiger partial charge in [0.25, 0.3) is 0 Å². The molecule has 0 aliphatic heterocycles. The first-order valence-electron chi connectivity index (χ1n) is 5.25. The molecule has 0 aromatic heterocycles. The maximum atomic E-state index is 10.4. The molecule has 1 aliphatic carbocycles. The first-order valence-corrected chi connectivity index (χ1v) is 5.25. The number of nitrogens with one attached hydrogen (secondary N) is 1. The zero-order valence-electron chi connectivity index (χ0n) is 8.95. The lowest BCUT2D eigenvalue weighted by Crippen LogP contribution is -2.40. The SMILES string of the molecule is CC1CCC(NOCC(N)=O)C(C)C1. The number of rotatable bonds is 4. The summed E-state index contributed by atoms with van der Waals surface area (Å²) in [6.45, 7) is 4.44. The molecule has 4 heteroatoms. The number of carbonyl (C=O) groups is 1. The second-order valence-electron chi connectivity index (χ2n) is 4.37. The van der Waals surface area contributed by atoms with E-state index in [-0.39, 0.29) is 6.61 Å². The van der Waals surface area contributed by atoms with Crippen LogP contribution < -0.4 is 11.2 Å². The van der Waals surface area contributed by atoms with E-state index in [4.69, 9.17) is 10.6 Å². The number of hydroxylamine groups is 1. The molecule has 0 aromatic rings. The summed E-state index contributed by atoms with van der Waals surface area (Å²) in [4.78, 5) is 15.4. The van der Waals surface area contributed by atoms with Crippen LogP contribution in [-0.2, 0) is 9.63 Å². The van der Waals surface area contributed by atoms with Crippen molar-refractivity contribution in [2.45, 2.75) is 39.2 Å². The Hall–Kier alpha value is -0.610. The van der Waals surface area contributed by atoms with Gasteiger partial charge >= 0.3 is 0 Å². The molecule has 0 bridgehead atoms. The first-order chi connectivity index (χ1) is 6.59. The average Bonchev–Trinajstić information content (AvgIpc) is 2.08. The molecular formula is C10H20N2O2. The molecule has 1 amide bonds. The highest BCUT2D eigenvalue weighted by molar-refractivity contribution is 5.74. The van der Waals surface area contributed by atoms with Gasteiger partial charge in [-0.3, -0.25) is 9.63 Å². The maximum absolute atomic E-state index is 10.4. The molecule has 0 spiro atoms. The van der Waals surface area contributed by atoms with Gasteiger partial charge in [0.1, 0.15) is 6.61 Å². The molecular weight excluding hydrogens is 180 g/mol. The van der Waals surface area contributed by atoms with Gasteiger partial charge < -0.3 is 5.73 Å². The van der Waals surface area contributed by atoms with Gasteiger partial charge in [0, 0.05) is 6.04 Å². The van der Waals surface area contributed by atoms with Gasteiger partial charge in [-0.05, 0) is 31.1 Å². The van der Waals surface area contributed by atoms with Crippen molar-refractivity contribution in [2.75, 3.05) is 6.61 Å². The zero-order valence-corrected chi connectivity index (χ0v) is 8.95. The molecule has 3 N–H and O–H groups in total. The Morgan fingerprint density at radius 2 is 2.21 bits per heavy atom. The summed E-state index contributed by atoms with van der Waals surface area (Å²) >= 11 is 0. The van der Waals surface area contributed by atoms with Crippen LogP contribution in [0.1, 0.15) is 33.1 Å². The quantitative estimate of drug-likeness (QED) is 0.660. The van der Waals surface area contributed by atoms with E-state index in [1.54, 1.807) is 0 Å². The van der Waals surface area contributed by atoms with Crippen LogP contribution in [0.2, 0.25) is 0 Å². The number of nitrogens with two attached hydrogens (primary N) is 1. The second kappa shape index (κ2) is 5.32. The summed E-state index contributed by atoms with van der Waals surface area (Å²) in [6.07, 6.45) is 3.56. The van der Waals surface area contributed by atoms with Crippen LogP contribution in [0.5, 0.6) is 0 Å². The fourth-order valence-corrected chi connectivity index (χ4v) is 2.06. The molecule has 1 rings (SSSR count). The fraction of sp³-hybridized carbons (Fsp3) is 0.900. The lowest BCUT2D eigenvalue weighted by atomic mass is 9.80. The molecule has 0 radical (unpaired) electrons. The minimum Gasteiger partial charge on any atom is -0.368 e. The van der Waals surface area contributed by atoms with Crippen LogP contribution in [-0.4, -0.2) is 18.6 Å². The maximum Gasteiger partial charge on any atom is 0.245 e. The van der Waals surface area contributed by atoms with Gasteiger partial charge in [-0.1, -0.05) is 13.8 Å². The number of carbonyl (C=O) groups excluding carboxylic acids is 1. The number of hydrogen-bond donors (Lipinski definition) is 2. The van der Waals surface area contributed by atoms with Crippen LogP contribution in [0.4, 0.5) is 0 Å². The van der Waals surface area contributed by atoms with Crippen LogP contribution in [0, 0.1) is 11.8 Å². The molecule has 3 unspecified atom stereocenters. The topological polar surface area (TPSA) is 64.3 Å². The Bertz CT molecular complexity index is 197. The lowest BCUT2D eigenvalue weighted by Gasteiger charge is -2.32. The third-order valence-electron chi connectivity index (χ3n) is 2.88. The van der Waals surface area contributed by atoms with Crippen molar-refractivity contribution in [2.24, 2.45) is 17.6 Å². The molecule has 14 heavy (non-hydrogen) atoms. The second-order valence-corrected chi connectivity index (χ2v) is 4.37. The van der Waals surface area contributed by atoms with Crippen LogP contribution >= 0.6 is 0 Å². The Morgan fingerprint density at radius 1 is 1.50 bits per heavy atom. The van der Waals surface area contributed by atoms with Crippen molar-refractivity contribution in [3.05, 3.63) is 0 Å². The van der Waals surface area contributed by atoms with E-state index >= 15 is 0 Å². The third kappa shape index (κ3) is 3.64. The molecule has 0 aromatic carbocycles. The average molecular weight is 200 g/mol. The van der Waals surface area contributed by atoms with Crippen molar-refractivity contribution in [1.29, 1.82) is 0 Å². The summed E-state index contributed by atoms with van der Waals surface area (Å²) in [5.41, 5.74) is 7.88. The van der Waals surface area contributed by atoms with Crippen molar-refractivity contribution < 1.29 is 9.63 Å². The number of amides is 1. The van der Waals surface area contributed by atoms with E-state index in [1.807, 2.05) is 0 Å². The molecule has 1 aliphatic rings. The summed E-state index contributed by atoms with van der Waals surface area (Å²) in [5.74, 6) is 0.972. The van der Waals surface area contributed by atoms with Gasteiger partial charge in [-0.15, -0.1) is 0 Å². The van der Waals surface area contributed by atoms with Gasteiger partial charge in [-0.2, -0.15) is 5.48 Å². The predicted octanol–water partition coefficient (Wildman–Crippen LogP) is 0.818. The van der Waals surface area contributed by atoms with Crippen LogP contribution in [0.15, 0.2) is 0 Å². The van der Waals surface area contributed by atoms with Crippen LogP contribution in [0.3, 0.4) is 0 Å². The minimum absolute atomic E-state index is 0.0429. The van der Waals surface area contributed by atoms with Gasteiger partial charge in [0.15, 0.2) is 0 Å². The van der Waals surface area contributed by atoms with E-state index in [2.05, 4.69) is 19.3 Å². The van der Waals surface area contributed by atoms with Gasteiger partial charge in [0.2, 0.25) is 5.91 Å². The Kier molecular flexibility index (Phi) is 4.35. The summed E-state index contributed by atoms with van der Waals surface area (Å²) in [5, 5.41) is 0. The van der Waals surface area contributed by atoms with Gasteiger partial charge in [0.05, 0.1) is 0 Å². The smallest absolute Gasteiger partial charge is 0.245 e. The molecule has 1 saturated carbocycles. The standard InChI is InChI=1S/C10H20N2O2/c1-7-3-4-9(8(2)5-7)12-14-6-10(11)13/h7-9,12H,3-6H2,1-2H3,(H2,11,13). The predicted molar refractivity (Wildman–Crippen MR) is 54.2 cm³/mol.